The molecule has 1 aliphatic rings. The van der Waals surface area contributed by atoms with E-state index < -0.39 is 10.0 Å². The molecule has 3 rings (SSSR count). The molecule has 2 heterocycles. The summed E-state index contributed by atoms with van der Waals surface area (Å²) in [4.78, 5) is 14.4. The van der Waals surface area contributed by atoms with Crippen molar-refractivity contribution in [2.24, 2.45) is 7.05 Å². The number of ether oxygens (including phenoxy) is 1. The minimum absolute atomic E-state index is 0.151. The Morgan fingerprint density at radius 1 is 1.14 bits per heavy atom. The maximum atomic E-state index is 13.0. The highest BCUT2D eigenvalue weighted by Gasteiger charge is 2.33. The van der Waals surface area contributed by atoms with E-state index in [-0.39, 0.29) is 23.9 Å². The molecule has 0 radical (unpaired) electrons. The highest BCUT2D eigenvalue weighted by molar-refractivity contribution is 7.89. The Hall–Kier alpha value is -2.65. The average molecular weight is 419 g/mol. The lowest BCUT2D eigenvalue weighted by atomic mass is 10.2. The number of para-hydroxylation sites is 1. The second-order valence-electron chi connectivity index (χ2n) is 6.93. The Morgan fingerprint density at radius 2 is 1.79 bits per heavy atom. The summed E-state index contributed by atoms with van der Waals surface area (Å²) < 4.78 is 34.4. The molecule has 1 saturated heterocycles. The zero-order valence-electron chi connectivity index (χ0n) is 17.1. The number of methoxy groups -OCH3 is 1. The lowest BCUT2D eigenvalue weighted by molar-refractivity contribution is -0.127. The van der Waals surface area contributed by atoms with Crippen LogP contribution in [0.2, 0.25) is 0 Å². The molecular weight excluding hydrogens is 392 g/mol. The molecule has 29 heavy (non-hydrogen) atoms. The summed E-state index contributed by atoms with van der Waals surface area (Å²) in [6, 6.07) is 7.43. The van der Waals surface area contributed by atoms with E-state index in [9.17, 15) is 13.2 Å². The van der Waals surface area contributed by atoms with Crippen molar-refractivity contribution in [3.05, 3.63) is 47.3 Å². The van der Waals surface area contributed by atoms with Crippen LogP contribution in [0.15, 0.2) is 35.2 Å². The van der Waals surface area contributed by atoms with E-state index in [4.69, 9.17) is 4.74 Å². The van der Waals surface area contributed by atoms with Gasteiger partial charge >= 0.3 is 0 Å². The number of hydrogen-bond donors (Lipinski definition) is 0. The van der Waals surface area contributed by atoms with Crippen LogP contribution in [0.4, 0.5) is 0 Å². The van der Waals surface area contributed by atoms with Crippen LogP contribution in [0.25, 0.3) is 6.08 Å². The third-order valence-electron chi connectivity index (χ3n) is 5.14. The van der Waals surface area contributed by atoms with Gasteiger partial charge in [-0.15, -0.1) is 0 Å². The Bertz CT molecular complexity index is 1030. The number of piperazine rings is 1. The Balaban J connectivity index is 1.67. The van der Waals surface area contributed by atoms with E-state index in [1.54, 1.807) is 43.7 Å². The molecule has 0 atom stereocenters. The summed E-state index contributed by atoms with van der Waals surface area (Å²) in [6.45, 7) is 4.63. The molecule has 0 N–H and O–H groups in total. The normalized spacial score (nSPS) is 15.8. The first kappa shape index (κ1) is 21.1. The van der Waals surface area contributed by atoms with Crippen LogP contribution in [0.5, 0.6) is 5.75 Å². The average Bonchev–Trinajstić information content (AvgIpc) is 2.98. The number of rotatable bonds is 5. The standard InChI is InChI=1S/C20H26N4O4S/c1-15-20(16(2)22(3)21-15)29(26,27)24-13-11-23(12-14-24)19(25)10-9-17-7-5-6-8-18(17)28-4/h5-10H,11-14H2,1-4H3/b10-9+. The Labute approximate surface area is 171 Å². The van der Waals surface area contributed by atoms with Gasteiger partial charge in [0, 0.05) is 44.9 Å². The summed E-state index contributed by atoms with van der Waals surface area (Å²) >= 11 is 0. The van der Waals surface area contributed by atoms with Gasteiger partial charge in [0.15, 0.2) is 0 Å². The molecule has 1 aromatic carbocycles. The number of amides is 1. The van der Waals surface area contributed by atoms with Gasteiger partial charge in [-0.3, -0.25) is 9.48 Å². The molecule has 1 fully saturated rings. The minimum atomic E-state index is -3.64. The van der Waals surface area contributed by atoms with E-state index in [0.29, 0.717) is 30.2 Å². The Kier molecular flexibility index (Phi) is 6.09. The molecule has 0 bridgehead atoms. The van der Waals surface area contributed by atoms with E-state index in [1.807, 2.05) is 24.3 Å². The highest BCUT2D eigenvalue weighted by atomic mass is 32.2. The van der Waals surface area contributed by atoms with E-state index >= 15 is 0 Å². The fourth-order valence-corrected chi connectivity index (χ4v) is 5.30. The molecule has 0 saturated carbocycles. The van der Waals surface area contributed by atoms with Gasteiger partial charge in [-0.25, -0.2) is 8.42 Å². The monoisotopic (exact) mass is 418 g/mol. The third kappa shape index (κ3) is 4.20. The Morgan fingerprint density at radius 3 is 2.38 bits per heavy atom. The van der Waals surface area contributed by atoms with Crippen molar-refractivity contribution in [3.8, 4) is 5.75 Å². The zero-order chi connectivity index (χ0) is 21.2. The van der Waals surface area contributed by atoms with Crippen LogP contribution in [-0.4, -0.2) is 66.6 Å². The van der Waals surface area contributed by atoms with Crippen LogP contribution in [0.3, 0.4) is 0 Å². The predicted octanol–water partition coefficient (Wildman–Crippen LogP) is 1.59. The van der Waals surface area contributed by atoms with Gasteiger partial charge in [0.05, 0.1) is 18.5 Å². The number of aromatic nitrogens is 2. The maximum absolute atomic E-state index is 13.0. The van der Waals surface area contributed by atoms with E-state index in [0.717, 1.165) is 5.56 Å². The lowest BCUT2D eigenvalue weighted by Crippen LogP contribution is -2.50. The number of benzene rings is 1. The maximum Gasteiger partial charge on any atom is 0.246 e. The second kappa shape index (κ2) is 8.38. The first-order chi connectivity index (χ1) is 13.8. The predicted molar refractivity (Wildman–Crippen MR) is 110 cm³/mol. The van der Waals surface area contributed by atoms with Crippen LogP contribution in [-0.2, 0) is 21.9 Å². The van der Waals surface area contributed by atoms with Gasteiger partial charge in [0.1, 0.15) is 10.6 Å². The first-order valence-corrected chi connectivity index (χ1v) is 10.8. The van der Waals surface area contributed by atoms with Gasteiger partial charge in [0.2, 0.25) is 15.9 Å². The second-order valence-corrected chi connectivity index (χ2v) is 8.80. The number of aryl methyl sites for hydroxylation is 2. The number of carbonyl (C=O) groups excluding carboxylic acids is 1. The lowest BCUT2D eigenvalue weighted by Gasteiger charge is -2.33. The molecule has 9 heteroatoms. The van der Waals surface area contributed by atoms with Gasteiger partial charge in [-0.2, -0.15) is 9.40 Å². The van der Waals surface area contributed by atoms with Crippen molar-refractivity contribution in [3.63, 3.8) is 0 Å². The van der Waals surface area contributed by atoms with Crippen molar-refractivity contribution in [2.75, 3.05) is 33.3 Å². The largest absolute Gasteiger partial charge is 0.496 e. The molecule has 156 valence electrons. The van der Waals surface area contributed by atoms with E-state index in [2.05, 4.69) is 5.10 Å². The third-order valence-corrected chi connectivity index (χ3v) is 7.29. The van der Waals surface area contributed by atoms with Gasteiger partial charge in [0.25, 0.3) is 0 Å². The summed E-state index contributed by atoms with van der Waals surface area (Å²) in [5.74, 6) is 0.538. The quantitative estimate of drug-likeness (QED) is 0.689. The van der Waals surface area contributed by atoms with Crippen LogP contribution in [0.1, 0.15) is 17.0 Å². The SMILES string of the molecule is COc1ccccc1/C=C/C(=O)N1CCN(S(=O)(=O)c2c(C)nn(C)c2C)CC1. The van der Waals surface area contributed by atoms with Crippen molar-refractivity contribution < 1.29 is 17.9 Å². The molecule has 1 aliphatic heterocycles. The molecule has 1 amide bonds. The van der Waals surface area contributed by atoms with Crippen LogP contribution >= 0.6 is 0 Å². The van der Waals surface area contributed by atoms with Crippen LogP contribution < -0.4 is 4.74 Å². The fourth-order valence-electron chi connectivity index (χ4n) is 3.48. The minimum Gasteiger partial charge on any atom is -0.496 e. The molecule has 1 aromatic heterocycles. The summed E-state index contributed by atoms with van der Waals surface area (Å²) in [5, 5.41) is 4.21. The number of carbonyl (C=O) groups is 1. The van der Waals surface area contributed by atoms with Gasteiger partial charge in [-0.1, -0.05) is 18.2 Å². The number of hydrogen-bond acceptors (Lipinski definition) is 5. The summed E-state index contributed by atoms with van der Waals surface area (Å²) in [7, 11) is -0.327. The molecule has 8 nitrogen and oxygen atoms in total. The number of nitrogens with zero attached hydrogens (tertiary/aromatic N) is 4. The van der Waals surface area contributed by atoms with Crippen molar-refractivity contribution in [1.82, 2.24) is 19.0 Å². The molecule has 0 unspecified atom stereocenters. The summed E-state index contributed by atoms with van der Waals surface area (Å²) in [5.41, 5.74) is 1.91. The molecule has 0 spiro atoms. The first-order valence-electron chi connectivity index (χ1n) is 9.36. The number of sulfonamides is 1. The molecule has 0 aliphatic carbocycles. The van der Waals surface area contributed by atoms with Crippen molar-refractivity contribution >= 4 is 22.0 Å². The highest BCUT2D eigenvalue weighted by Crippen LogP contribution is 2.24. The van der Waals surface area contributed by atoms with E-state index in [1.165, 1.54) is 10.4 Å². The topological polar surface area (TPSA) is 84.7 Å². The van der Waals surface area contributed by atoms with Gasteiger partial charge < -0.3 is 9.64 Å². The van der Waals surface area contributed by atoms with Gasteiger partial charge in [-0.05, 0) is 26.0 Å². The van der Waals surface area contributed by atoms with Crippen LogP contribution in [0, 0.1) is 13.8 Å². The molecular formula is C20H26N4O4S. The van der Waals surface area contributed by atoms with Crippen molar-refractivity contribution in [1.29, 1.82) is 0 Å². The fraction of sp³-hybridized carbons (Fsp3) is 0.400. The summed E-state index contributed by atoms with van der Waals surface area (Å²) in [6.07, 6.45) is 3.21. The zero-order valence-corrected chi connectivity index (χ0v) is 17.9. The molecule has 2 aromatic rings. The smallest absolute Gasteiger partial charge is 0.246 e. The van der Waals surface area contributed by atoms with Crippen molar-refractivity contribution in [2.45, 2.75) is 18.7 Å².